The van der Waals surface area contributed by atoms with Gasteiger partial charge >= 0.3 is 5.69 Å². The minimum Gasteiger partial charge on any atom is -0.393 e. The second kappa shape index (κ2) is 9.80. The maximum Gasteiger partial charge on any atom is 0.352 e. The van der Waals surface area contributed by atoms with Crippen LogP contribution in [0.1, 0.15) is 50.8 Å². The second-order valence-corrected chi connectivity index (χ2v) is 7.48. The fourth-order valence-corrected chi connectivity index (χ4v) is 3.37. The van der Waals surface area contributed by atoms with Gasteiger partial charge in [-0.1, -0.05) is 0 Å². The molecule has 29 heavy (non-hydrogen) atoms. The van der Waals surface area contributed by atoms with E-state index in [4.69, 9.17) is 17.6 Å². The average molecular weight is 403 g/mol. The zero-order chi connectivity index (χ0) is 21.6. The van der Waals surface area contributed by atoms with Crippen molar-refractivity contribution < 1.29 is 14.9 Å². The molecule has 2 heterocycles. The number of aromatic nitrogens is 2. The lowest BCUT2D eigenvalue weighted by Crippen LogP contribution is -2.54. The summed E-state index contributed by atoms with van der Waals surface area (Å²) in [6.45, 7) is 3.66. The molecule has 8 nitrogen and oxygen atoms in total. The molecule has 1 aromatic rings. The summed E-state index contributed by atoms with van der Waals surface area (Å²) in [6, 6.07) is 0. The van der Waals surface area contributed by atoms with Crippen molar-refractivity contribution in [1.29, 1.82) is 0 Å². The van der Waals surface area contributed by atoms with Crippen LogP contribution in [0.3, 0.4) is 0 Å². The van der Waals surface area contributed by atoms with Crippen LogP contribution in [0, 0.1) is 31.6 Å². The molecule has 1 unspecified atom stereocenters. The van der Waals surface area contributed by atoms with Crippen LogP contribution in [-0.4, -0.2) is 50.9 Å². The minimum atomic E-state index is -1.17. The zero-order valence-corrected chi connectivity index (χ0v) is 17.0. The van der Waals surface area contributed by atoms with Crippen molar-refractivity contribution in [3.05, 3.63) is 32.6 Å². The molecular weight excluding hydrogens is 374 g/mol. The van der Waals surface area contributed by atoms with E-state index < -0.39 is 29.2 Å². The van der Waals surface area contributed by atoms with Gasteiger partial charge in [0.2, 0.25) is 0 Å². The molecule has 158 valence electrons. The Morgan fingerprint density at radius 1 is 1.28 bits per heavy atom. The summed E-state index contributed by atoms with van der Waals surface area (Å²) in [7, 11) is 0. The summed E-state index contributed by atoms with van der Waals surface area (Å²) in [4.78, 5) is 26.0. The Morgan fingerprint density at radius 2 is 1.86 bits per heavy atom. The topological polar surface area (TPSA) is 96.9 Å². The predicted molar refractivity (Wildman–Crippen MR) is 110 cm³/mol. The molecular formula is C21H29N3O5. The van der Waals surface area contributed by atoms with Gasteiger partial charge in [0, 0.05) is 44.1 Å². The Hall–Kier alpha value is -2.52. The first-order valence-corrected chi connectivity index (χ1v) is 9.72. The lowest BCUT2D eigenvalue weighted by atomic mass is 10.0. The first-order chi connectivity index (χ1) is 13.8. The third-order valence-corrected chi connectivity index (χ3v) is 5.18. The lowest BCUT2D eigenvalue weighted by Gasteiger charge is -2.28. The molecule has 1 saturated heterocycles. The molecule has 2 N–H and O–H groups in total. The zero-order valence-electron chi connectivity index (χ0n) is 17.0. The molecule has 0 aromatic carbocycles. The van der Waals surface area contributed by atoms with Gasteiger partial charge in [-0.3, -0.25) is 9.36 Å². The Morgan fingerprint density at radius 3 is 2.34 bits per heavy atom. The van der Waals surface area contributed by atoms with Gasteiger partial charge in [-0.2, -0.15) is 4.68 Å². The third kappa shape index (κ3) is 4.91. The summed E-state index contributed by atoms with van der Waals surface area (Å²) in [6.07, 6.45) is 12.8. The molecule has 0 saturated carbocycles. The van der Waals surface area contributed by atoms with Gasteiger partial charge in [-0.25, -0.2) is 4.79 Å². The van der Waals surface area contributed by atoms with Crippen molar-refractivity contribution in [3.8, 4) is 24.7 Å². The van der Waals surface area contributed by atoms with Gasteiger partial charge < -0.3 is 20.0 Å². The van der Waals surface area contributed by atoms with Gasteiger partial charge in [0.05, 0.1) is 12.7 Å². The Balaban J connectivity index is 2.45. The van der Waals surface area contributed by atoms with E-state index in [-0.39, 0.29) is 13.0 Å². The monoisotopic (exact) mass is 403 g/mol. The van der Waals surface area contributed by atoms with Gasteiger partial charge in [0.25, 0.3) is 5.56 Å². The summed E-state index contributed by atoms with van der Waals surface area (Å²) in [5, 5.41) is 21.5. The minimum absolute atomic E-state index is 0.128. The quantitative estimate of drug-likeness (QED) is 0.449. The Kier molecular flexibility index (Phi) is 7.69. The normalized spacial score (nSPS) is 23.5. The average Bonchev–Trinajstić information content (AvgIpc) is 2.99. The highest BCUT2D eigenvalue weighted by Gasteiger charge is 2.45. The van der Waals surface area contributed by atoms with Crippen LogP contribution in [0.5, 0.6) is 0 Å². The fraction of sp³-hybridized carbons (Fsp3) is 0.619. The number of hydrogen-bond acceptors (Lipinski definition) is 6. The SMILES string of the molecule is C#CCCCN(CCCC#C)n1c(=O)c(C)cn([C@H]2CC(O)[C@@](C)(CO)O2)c1=O. The lowest BCUT2D eigenvalue weighted by molar-refractivity contribution is -0.117. The smallest absolute Gasteiger partial charge is 0.352 e. The number of aliphatic hydroxyl groups excluding tert-OH is 2. The van der Waals surface area contributed by atoms with Crippen molar-refractivity contribution >= 4 is 0 Å². The summed E-state index contributed by atoms with van der Waals surface area (Å²) in [5.41, 5.74) is -1.80. The van der Waals surface area contributed by atoms with E-state index >= 15 is 0 Å². The van der Waals surface area contributed by atoms with E-state index in [2.05, 4.69) is 11.8 Å². The molecule has 8 heteroatoms. The van der Waals surface area contributed by atoms with Crippen molar-refractivity contribution in [1.82, 2.24) is 9.24 Å². The predicted octanol–water partition coefficient (Wildman–Crippen LogP) is 0.114. The molecule has 1 aliphatic heterocycles. The fourth-order valence-electron chi connectivity index (χ4n) is 3.37. The summed E-state index contributed by atoms with van der Waals surface area (Å²) < 4.78 is 8.19. The van der Waals surface area contributed by atoms with Crippen LogP contribution >= 0.6 is 0 Å². The van der Waals surface area contributed by atoms with E-state index in [0.717, 1.165) is 4.68 Å². The van der Waals surface area contributed by atoms with Crippen molar-refractivity contribution in [2.24, 2.45) is 0 Å². The van der Waals surface area contributed by atoms with Gasteiger partial charge in [0.15, 0.2) is 0 Å². The van der Waals surface area contributed by atoms with E-state index in [0.29, 0.717) is 44.3 Å². The number of hydrogen-bond donors (Lipinski definition) is 2. The highest BCUT2D eigenvalue weighted by atomic mass is 16.6. The standard InChI is InChI=1S/C21H29N3O5/c1-5-7-9-11-22(12-10-8-6-2)24-19(27)16(3)14-23(20(24)28)18-13-17(26)21(4,15-25)29-18/h1-2,14,17-18,25-26H,7-13,15H2,3-4H3/t17?,18-,21-/m1/s1. The van der Waals surface area contributed by atoms with E-state index in [1.807, 2.05) is 0 Å². The highest BCUT2D eigenvalue weighted by molar-refractivity contribution is 5.07. The summed E-state index contributed by atoms with van der Waals surface area (Å²) in [5.74, 6) is 5.12. The maximum absolute atomic E-state index is 13.2. The van der Waals surface area contributed by atoms with Crippen molar-refractivity contribution in [2.45, 2.75) is 63.9 Å². The van der Waals surface area contributed by atoms with E-state index in [9.17, 15) is 19.8 Å². The molecule has 2 rings (SSSR count). The van der Waals surface area contributed by atoms with Crippen LogP contribution in [-0.2, 0) is 4.74 Å². The first-order valence-electron chi connectivity index (χ1n) is 9.72. The largest absolute Gasteiger partial charge is 0.393 e. The van der Waals surface area contributed by atoms with E-state index in [1.165, 1.54) is 10.8 Å². The van der Waals surface area contributed by atoms with E-state index in [1.54, 1.807) is 18.9 Å². The van der Waals surface area contributed by atoms with Crippen LogP contribution in [0.15, 0.2) is 15.8 Å². The molecule has 1 aliphatic rings. The molecule has 0 radical (unpaired) electrons. The number of unbranched alkanes of at least 4 members (excludes halogenated alkanes) is 2. The third-order valence-electron chi connectivity index (χ3n) is 5.18. The van der Waals surface area contributed by atoms with Gasteiger partial charge in [-0.15, -0.1) is 24.7 Å². The van der Waals surface area contributed by atoms with Crippen LogP contribution < -0.4 is 16.3 Å². The van der Waals surface area contributed by atoms with Gasteiger partial charge in [0.1, 0.15) is 11.8 Å². The molecule has 0 bridgehead atoms. The summed E-state index contributed by atoms with van der Waals surface area (Å²) >= 11 is 0. The first kappa shape index (κ1) is 22.8. The molecule has 0 amide bonds. The molecule has 1 aromatic heterocycles. The molecule has 0 aliphatic carbocycles. The Bertz CT molecular complexity index is 887. The maximum atomic E-state index is 13.2. The molecule has 1 fully saturated rings. The Labute approximate surface area is 170 Å². The van der Waals surface area contributed by atoms with Crippen molar-refractivity contribution in [2.75, 3.05) is 24.7 Å². The number of nitrogens with zero attached hydrogens (tertiary/aromatic N) is 3. The van der Waals surface area contributed by atoms with Gasteiger partial charge in [-0.05, 0) is 26.7 Å². The van der Waals surface area contributed by atoms with Crippen LogP contribution in [0.4, 0.5) is 0 Å². The van der Waals surface area contributed by atoms with Crippen molar-refractivity contribution in [3.63, 3.8) is 0 Å². The second-order valence-electron chi connectivity index (χ2n) is 7.48. The van der Waals surface area contributed by atoms with Crippen LogP contribution in [0.25, 0.3) is 0 Å². The van der Waals surface area contributed by atoms with Crippen LogP contribution in [0.2, 0.25) is 0 Å². The number of ether oxygens (including phenoxy) is 1. The molecule has 0 spiro atoms. The number of aliphatic hydroxyl groups is 2. The number of rotatable bonds is 9. The molecule has 3 atom stereocenters. The highest BCUT2D eigenvalue weighted by Crippen LogP contribution is 2.35. The number of aryl methyl sites for hydroxylation is 1. The number of terminal acetylenes is 2.